The largest absolute Gasteiger partial charge is 0.393 e. The van der Waals surface area contributed by atoms with Crippen molar-refractivity contribution in [3.8, 4) is 0 Å². The summed E-state index contributed by atoms with van der Waals surface area (Å²) in [7, 11) is 0. The van der Waals surface area contributed by atoms with Crippen LogP contribution in [0.25, 0.3) is 0 Å². The van der Waals surface area contributed by atoms with E-state index in [4.69, 9.17) is 0 Å². The second kappa shape index (κ2) is 7.20. The number of hydrogen-bond acceptors (Lipinski definition) is 2. The molecule has 1 aromatic heterocycles. The summed E-state index contributed by atoms with van der Waals surface area (Å²) in [5.41, 5.74) is 3.48. The predicted octanol–water partition coefficient (Wildman–Crippen LogP) is 3.74. The van der Waals surface area contributed by atoms with Gasteiger partial charge >= 0.3 is 0 Å². The van der Waals surface area contributed by atoms with Crippen LogP contribution in [0.5, 0.6) is 0 Å². The lowest BCUT2D eigenvalue weighted by Gasteiger charge is -2.16. The fourth-order valence-electron chi connectivity index (χ4n) is 2.44. The average Bonchev–Trinajstić information content (AvgIpc) is 2.49. The van der Waals surface area contributed by atoms with E-state index in [0.717, 1.165) is 18.5 Å². The maximum atomic E-state index is 10.2. The minimum atomic E-state index is -0.342. The molecule has 2 unspecified atom stereocenters. The van der Waals surface area contributed by atoms with Gasteiger partial charge in [0.2, 0.25) is 0 Å². The minimum Gasteiger partial charge on any atom is -0.393 e. The van der Waals surface area contributed by atoms with E-state index in [1.807, 2.05) is 30.5 Å². The Labute approximate surface area is 121 Å². The number of rotatable bonds is 6. The van der Waals surface area contributed by atoms with Crippen LogP contribution in [0.2, 0.25) is 0 Å². The van der Waals surface area contributed by atoms with Gasteiger partial charge in [0.15, 0.2) is 0 Å². The smallest absolute Gasteiger partial charge is 0.0601 e. The summed E-state index contributed by atoms with van der Waals surface area (Å²) in [5.74, 6) is 0.362. The zero-order chi connectivity index (χ0) is 14.4. The molecule has 106 valence electrons. The van der Waals surface area contributed by atoms with Crippen molar-refractivity contribution in [3.63, 3.8) is 0 Å². The van der Waals surface area contributed by atoms with Crippen LogP contribution in [0.3, 0.4) is 0 Å². The average molecular weight is 269 g/mol. The molecule has 0 fully saturated rings. The summed E-state index contributed by atoms with van der Waals surface area (Å²) in [6.07, 6.45) is 3.96. The summed E-state index contributed by atoms with van der Waals surface area (Å²) >= 11 is 0. The molecule has 0 aliphatic carbocycles. The standard InChI is InChI=1S/C18H23NO/c1-3-15-9-10-17(19-13-15)12-18(20)11-14(2)16-7-5-4-6-8-16/h4-10,13-14,18,20H,3,11-12H2,1-2H3. The molecule has 0 radical (unpaired) electrons. The first kappa shape index (κ1) is 14.7. The van der Waals surface area contributed by atoms with Crippen LogP contribution in [-0.2, 0) is 12.8 Å². The Kier molecular flexibility index (Phi) is 5.31. The Morgan fingerprint density at radius 2 is 1.85 bits per heavy atom. The quantitative estimate of drug-likeness (QED) is 0.866. The van der Waals surface area contributed by atoms with E-state index in [2.05, 4.69) is 37.0 Å². The SMILES string of the molecule is CCc1ccc(CC(O)CC(C)c2ccccc2)nc1. The van der Waals surface area contributed by atoms with Crippen LogP contribution >= 0.6 is 0 Å². The molecule has 20 heavy (non-hydrogen) atoms. The van der Waals surface area contributed by atoms with Crippen LogP contribution < -0.4 is 0 Å². The first-order valence-electron chi connectivity index (χ1n) is 7.36. The number of aromatic nitrogens is 1. The summed E-state index contributed by atoms with van der Waals surface area (Å²) in [5, 5.41) is 10.2. The lowest BCUT2D eigenvalue weighted by molar-refractivity contribution is 0.156. The van der Waals surface area contributed by atoms with Crippen LogP contribution in [0.4, 0.5) is 0 Å². The van der Waals surface area contributed by atoms with Crippen molar-refractivity contribution in [2.75, 3.05) is 0 Å². The van der Waals surface area contributed by atoms with Gasteiger partial charge in [-0.2, -0.15) is 0 Å². The van der Waals surface area contributed by atoms with Crippen LogP contribution in [0, 0.1) is 0 Å². The van der Waals surface area contributed by atoms with Crippen molar-refractivity contribution in [2.45, 2.75) is 45.1 Å². The van der Waals surface area contributed by atoms with Gasteiger partial charge < -0.3 is 5.11 Å². The van der Waals surface area contributed by atoms with Crippen LogP contribution in [0.1, 0.15) is 43.0 Å². The Hall–Kier alpha value is -1.67. The predicted molar refractivity (Wildman–Crippen MR) is 82.8 cm³/mol. The van der Waals surface area contributed by atoms with Crippen molar-refractivity contribution in [2.24, 2.45) is 0 Å². The number of aryl methyl sites for hydroxylation is 1. The van der Waals surface area contributed by atoms with Gasteiger partial charge in [-0.15, -0.1) is 0 Å². The maximum absolute atomic E-state index is 10.2. The molecule has 0 aliphatic heterocycles. The summed E-state index contributed by atoms with van der Waals surface area (Å²) in [4.78, 5) is 4.41. The molecular formula is C18H23NO. The highest BCUT2D eigenvalue weighted by Crippen LogP contribution is 2.21. The third-order valence-corrected chi connectivity index (χ3v) is 3.73. The van der Waals surface area contributed by atoms with Gasteiger partial charge in [0, 0.05) is 18.3 Å². The van der Waals surface area contributed by atoms with Gasteiger partial charge in [-0.3, -0.25) is 4.98 Å². The van der Waals surface area contributed by atoms with E-state index < -0.39 is 0 Å². The zero-order valence-electron chi connectivity index (χ0n) is 12.3. The van der Waals surface area contributed by atoms with Crippen molar-refractivity contribution in [3.05, 3.63) is 65.5 Å². The molecule has 1 N–H and O–H groups in total. The molecule has 0 spiro atoms. The van der Waals surface area contributed by atoms with Gasteiger partial charge in [-0.25, -0.2) is 0 Å². The first-order valence-corrected chi connectivity index (χ1v) is 7.36. The molecular weight excluding hydrogens is 246 g/mol. The highest BCUT2D eigenvalue weighted by molar-refractivity contribution is 5.19. The Bertz CT molecular complexity index is 507. The summed E-state index contributed by atoms with van der Waals surface area (Å²) in [6, 6.07) is 14.5. The minimum absolute atomic E-state index is 0.342. The summed E-state index contributed by atoms with van der Waals surface area (Å²) < 4.78 is 0. The Balaban J connectivity index is 1.90. The molecule has 0 amide bonds. The molecule has 1 aromatic carbocycles. The van der Waals surface area contributed by atoms with Crippen molar-refractivity contribution in [1.82, 2.24) is 4.98 Å². The van der Waals surface area contributed by atoms with Gasteiger partial charge in [-0.05, 0) is 36.0 Å². The number of aliphatic hydroxyl groups is 1. The van der Waals surface area contributed by atoms with E-state index in [-0.39, 0.29) is 6.10 Å². The molecule has 2 nitrogen and oxygen atoms in total. The van der Waals surface area contributed by atoms with Crippen molar-refractivity contribution >= 4 is 0 Å². The maximum Gasteiger partial charge on any atom is 0.0601 e. The second-order valence-corrected chi connectivity index (χ2v) is 5.42. The molecule has 2 aromatic rings. The third kappa shape index (κ3) is 4.17. The highest BCUT2D eigenvalue weighted by atomic mass is 16.3. The molecule has 1 heterocycles. The lowest BCUT2D eigenvalue weighted by atomic mass is 9.93. The van der Waals surface area contributed by atoms with Crippen LogP contribution in [-0.4, -0.2) is 16.2 Å². The highest BCUT2D eigenvalue weighted by Gasteiger charge is 2.13. The van der Waals surface area contributed by atoms with E-state index >= 15 is 0 Å². The fraction of sp³-hybridized carbons (Fsp3) is 0.389. The van der Waals surface area contributed by atoms with Crippen LogP contribution in [0.15, 0.2) is 48.7 Å². The number of pyridine rings is 1. The Morgan fingerprint density at radius 3 is 2.45 bits per heavy atom. The summed E-state index contributed by atoms with van der Waals surface area (Å²) in [6.45, 7) is 4.28. The number of hydrogen-bond donors (Lipinski definition) is 1. The third-order valence-electron chi connectivity index (χ3n) is 3.73. The van der Waals surface area contributed by atoms with E-state index in [1.165, 1.54) is 11.1 Å². The van der Waals surface area contributed by atoms with E-state index in [9.17, 15) is 5.11 Å². The van der Waals surface area contributed by atoms with Crippen molar-refractivity contribution < 1.29 is 5.11 Å². The van der Waals surface area contributed by atoms with Crippen molar-refractivity contribution in [1.29, 1.82) is 0 Å². The topological polar surface area (TPSA) is 33.1 Å². The van der Waals surface area contributed by atoms with Gasteiger partial charge in [0.1, 0.15) is 0 Å². The van der Waals surface area contributed by atoms with E-state index in [0.29, 0.717) is 12.3 Å². The second-order valence-electron chi connectivity index (χ2n) is 5.42. The molecule has 2 rings (SSSR count). The molecule has 0 bridgehead atoms. The van der Waals surface area contributed by atoms with Gasteiger partial charge in [0.25, 0.3) is 0 Å². The molecule has 2 heteroatoms. The molecule has 0 saturated carbocycles. The fourth-order valence-corrected chi connectivity index (χ4v) is 2.44. The van der Waals surface area contributed by atoms with Gasteiger partial charge in [-0.1, -0.05) is 50.2 Å². The monoisotopic (exact) mass is 269 g/mol. The molecule has 0 saturated heterocycles. The number of nitrogens with zero attached hydrogens (tertiary/aromatic N) is 1. The molecule has 2 atom stereocenters. The number of aliphatic hydroxyl groups excluding tert-OH is 1. The first-order chi connectivity index (χ1) is 9.69. The lowest BCUT2D eigenvalue weighted by Crippen LogP contribution is -2.14. The zero-order valence-corrected chi connectivity index (χ0v) is 12.3. The van der Waals surface area contributed by atoms with E-state index in [1.54, 1.807) is 0 Å². The normalized spacial score (nSPS) is 13.9. The Morgan fingerprint density at radius 1 is 1.10 bits per heavy atom. The molecule has 0 aliphatic rings. The number of benzene rings is 1. The van der Waals surface area contributed by atoms with Gasteiger partial charge in [0.05, 0.1) is 6.10 Å².